The lowest BCUT2D eigenvalue weighted by atomic mass is 10.2. The molecule has 0 saturated heterocycles. The summed E-state index contributed by atoms with van der Waals surface area (Å²) in [6.07, 6.45) is 0.481. The van der Waals surface area contributed by atoms with Crippen molar-refractivity contribution >= 4 is 27.8 Å². The van der Waals surface area contributed by atoms with E-state index < -0.39 is 12.0 Å². The third-order valence-corrected chi connectivity index (χ3v) is 2.98. The predicted molar refractivity (Wildman–Crippen MR) is 74.1 cm³/mol. The summed E-state index contributed by atoms with van der Waals surface area (Å²) in [6, 6.07) is 6.42. The number of halogens is 1. The van der Waals surface area contributed by atoms with Crippen molar-refractivity contribution in [3.8, 4) is 5.75 Å². The molecule has 6 heteroatoms. The molecule has 1 amide bonds. The minimum absolute atomic E-state index is 0.125. The Morgan fingerprint density at radius 2 is 2.00 bits per heavy atom. The molecular formula is C13H16BrNO4. The first-order valence-electron chi connectivity index (χ1n) is 5.93. The molecular weight excluding hydrogens is 314 g/mol. The molecule has 19 heavy (non-hydrogen) atoms. The number of nitrogens with one attached hydrogen (secondary N) is 1. The fraction of sp³-hybridized carbons (Fsp3) is 0.385. The molecule has 1 rings (SSSR count). The Labute approximate surface area is 120 Å². The van der Waals surface area contributed by atoms with Crippen LogP contribution in [-0.2, 0) is 9.59 Å². The van der Waals surface area contributed by atoms with Gasteiger partial charge in [0.1, 0.15) is 11.8 Å². The largest absolute Gasteiger partial charge is 0.493 e. The highest BCUT2D eigenvalue weighted by Gasteiger charge is 2.17. The van der Waals surface area contributed by atoms with E-state index in [4.69, 9.17) is 9.84 Å². The molecule has 0 aromatic heterocycles. The molecule has 0 radical (unpaired) electrons. The Hall–Kier alpha value is -1.56. The van der Waals surface area contributed by atoms with Crippen LogP contribution in [0.5, 0.6) is 5.75 Å². The van der Waals surface area contributed by atoms with Crippen LogP contribution in [0.1, 0.15) is 19.8 Å². The molecule has 104 valence electrons. The van der Waals surface area contributed by atoms with Gasteiger partial charge in [0.25, 0.3) is 0 Å². The maximum absolute atomic E-state index is 11.5. The molecule has 0 aliphatic rings. The first-order chi connectivity index (χ1) is 9.02. The average molecular weight is 330 g/mol. The summed E-state index contributed by atoms with van der Waals surface area (Å²) in [5.41, 5.74) is 0. The summed E-state index contributed by atoms with van der Waals surface area (Å²) in [5.74, 6) is -0.683. The number of carbonyl (C=O) groups excluding carboxylic acids is 1. The van der Waals surface area contributed by atoms with Crippen LogP contribution < -0.4 is 10.1 Å². The van der Waals surface area contributed by atoms with Gasteiger partial charge in [0.2, 0.25) is 5.91 Å². The Balaban J connectivity index is 2.30. The van der Waals surface area contributed by atoms with Crippen LogP contribution in [0.3, 0.4) is 0 Å². The molecule has 1 aromatic rings. The average Bonchev–Trinajstić information content (AvgIpc) is 2.38. The summed E-state index contributed by atoms with van der Waals surface area (Å²) in [5, 5.41) is 11.2. The third kappa shape index (κ3) is 5.74. The number of carbonyl (C=O) groups is 2. The van der Waals surface area contributed by atoms with E-state index in [0.29, 0.717) is 12.2 Å². The number of aliphatic carboxylic acids is 1. The van der Waals surface area contributed by atoms with Crippen LogP contribution in [0.25, 0.3) is 0 Å². The van der Waals surface area contributed by atoms with E-state index in [1.165, 1.54) is 0 Å². The first-order valence-corrected chi connectivity index (χ1v) is 6.72. The zero-order valence-electron chi connectivity index (χ0n) is 10.6. The van der Waals surface area contributed by atoms with Gasteiger partial charge in [-0.3, -0.25) is 4.79 Å². The van der Waals surface area contributed by atoms with Crippen molar-refractivity contribution in [1.29, 1.82) is 0 Å². The number of carboxylic acids is 1. The highest BCUT2D eigenvalue weighted by atomic mass is 79.9. The highest BCUT2D eigenvalue weighted by Crippen LogP contribution is 2.16. The van der Waals surface area contributed by atoms with Crippen molar-refractivity contribution in [2.75, 3.05) is 6.61 Å². The van der Waals surface area contributed by atoms with Gasteiger partial charge in [0.05, 0.1) is 13.0 Å². The summed E-state index contributed by atoms with van der Waals surface area (Å²) >= 11 is 3.31. The number of hydrogen-bond acceptors (Lipinski definition) is 3. The first kappa shape index (κ1) is 15.5. The fourth-order valence-corrected chi connectivity index (χ4v) is 1.66. The monoisotopic (exact) mass is 329 g/mol. The van der Waals surface area contributed by atoms with Gasteiger partial charge < -0.3 is 15.2 Å². The number of amides is 1. The van der Waals surface area contributed by atoms with Gasteiger partial charge in [0, 0.05) is 4.47 Å². The molecule has 0 heterocycles. The lowest BCUT2D eigenvalue weighted by Gasteiger charge is -2.12. The number of ether oxygens (including phenoxy) is 1. The number of carboxylic acid groups (broad SMARTS) is 1. The van der Waals surface area contributed by atoms with Crippen LogP contribution in [0.2, 0.25) is 0 Å². The lowest BCUT2D eigenvalue weighted by Crippen LogP contribution is -2.40. The van der Waals surface area contributed by atoms with E-state index in [1.54, 1.807) is 19.1 Å². The van der Waals surface area contributed by atoms with E-state index >= 15 is 0 Å². The Morgan fingerprint density at radius 3 is 2.53 bits per heavy atom. The lowest BCUT2D eigenvalue weighted by molar-refractivity contribution is -0.142. The van der Waals surface area contributed by atoms with E-state index in [1.807, 2.05) is 12.1 Å². The predicted octanol–water partition coefficient (Wildman–Crippen LogP) is 2.20. The van der Waals surface area contributed by atoms with Gasteiger partial charge in [-0.1, -0.05) is 22.9 Å². The molecule has 2 N–H and O–H groups in total. The second kappa shape index (κ2) is 7.78. The van der Waals surface area contributed by atoms with Gasteiger partial charge in [0.15, 0.2) is 0 Å². The second-order valence-electron chi connectivity index (χ2n) is 3.92. The minimum atomic E-state index is -1.02. The Morgan fingerprint density at radius 1 is 1.37 bits per heavy atom. The Kier molecular flexibility index (Phi) is 6.35. The number of benzene rings is 1. The van der Waals surface area contributed by atoms with Crippen molar-refractivity contribution in [2.24, 2.45) is 0 Å². The molecule has 0 fully saturated rings. The maximum Gasteiger partial charge on any atom is 0.326 e. The summed E-state index contributed by atoms with van der Waals surface area (Å²) in [6.45, 7) is 1.92. The minimum Gasteiger partial charge on any atom is -0.493 e. The van der Waals surface area contributed by atoms with Gasteiger partial charge >= 0.3 is 5.97 Å². The van der Waals surface area contributed by atoms with Crippen LogP contribution in [0.15, 0.2) is 28.7 Å². The van der Waals surface area contributed by atoms with Gasteiger partial charge in [-0.05, 0) is 30.7 Å². The van der Waals surface area contributed by atoms with Crippen molar-refractivity contribution in [3.63, 3.8) is 0 Å². The number of hydrogen-bond donors (Lipinski definition) is 2. The molecule has 0 bridgehead atoms. The van der Waals surface area contributed by atoms with E-state index in [9.17, 15) is 9.59 Å². The SMILES string of the molecule is CCC(NC(=O)CCOc1ccc(Br)cc1)C(=O)O. The standard InChI is InChI=1S/C13H16BrNO4/c1-2-11(13(17)18)15-12(16)7-8-19-10-5-3-9(14)4-6-10/h3-6,11H,2,7-8H2,1H3,(H,15,16)(H,17,18). The zero-order valence-corrected chi connectivity index (χ0v) is 12.1. The maximum atomic E-state index is 11.5. The Bertz CT molecular complexity index is 433. The van der Waals surface area contributed by atoms with E-state index in [0.717, 1.165) is 4.47 Å². The molecule has 0 aliphatic heterocycles. The van der Waals surface area contributed by atoms with Crippen LogP contribution in [0.4, 0.5) is 0 Å². The van der Waals surface area contributed by atoms with Gasteiger partial charge in [-0.2, -0.15) is 0 Å². The summed E-state index contributed by atoms with van der Waals surface area (Å²) in [4.78, 5) is 22.2. The van der Waals surface area contributed by atoms with Crippen molar-refractivity contribution in [3.05, 3.63) is 28.7 Å². The van der Waals surface area contributed by atoms with E-state index in [2.05, 4.69) is 21.2 Å². The molecule has 1 aromatic carbocycles. The normalized spacial score (nSPS) is 11.7. The molecule has 0 spiro atoms. The zero-order chi connectivity index (χ0) is 14.3. The van der Waals surface area contributed by atoms with Gasteiger partial charge in [-0.15, -0.1) is 0 Å². The quantitative estimate of drug-likeness (QED) is 0.804. The molecule has 1 atom stereocenters. The van der Waals surface area contributed by atoms with Crippen molar-refractivity contribution in [2.45, 2.75) is 25.8 Å². The molecule has 5 nitrogen and oxygen atoms in total. The van der Waals surface area contributed by atoms with Crippen molar-refractivity contribution in [1.82, 2.24) is 5.32 Å². The fourth-order valence-electron chi connectivity index (χ4n) is 1.40. The number of rotatable bonds is 7. The van der Waals surface area contributed by atoms with Crippen LogP contribution in [-0.4, -0.2) is 29.6 Å². The van der Waals surface area contributed by atoms with E-state index in [-0.39, 0.29) is 18.9 Å². The van der Waals surface area contributed by atoms with Crippen LogP contribution >= 0.6 is 15.9 Å². The molecule has 0 saturated carbocycles. The third-order valence-electron chi connectivity index (χ3n) is 2.45. The van der Waals surface area contributed by atoms with Crippen molar-refractivity contribution < 1.29 is 19.4 Å². The summed E-state index contributed by atoms with van der Waals surface area (Å²) < 4.78 is 6.33. The summed E-state index contributed by atoms with van der Waals surface area (Å²) in [7, 11) is 0. The molecule has 1 unspecified atom stereocenters. The smallest absolute Gasteiger partial charge is 0.326 e. The van der Waals surface area contributed by atoms with Gasteiger partial charge in [-0.25, -0.2) is 4.79 Å². The molecule has 0 aliphatic carbocycles. The topological polar surface area (TPSA) is 75.6 Å². The highest BCUT2D eigenvalue weighted by molar-refractivity contribution is 9.10. The second-order valence-corrected chi connectivity index (χ2v) is 4.83. The van der Waals surface area contributed by atoms with Crippen LogP contribution in [0, 0.1) is 0 Å².